The van der Waals surface area contributed by atoms with Gasteiger partial charge in [-0.05, 0) is 6.92 Å². The molecule has 1 aliphatic heterocycles. The fraction of sp³-hybridized carbons (Fsp3) is 0.273. The number of cyclic esters (lactones) is 1. The lowest BCUT2D eigenvalue weighted by molar-refractivity contribution is -0.148. The van der Waals surface area contributed by atoms with Crippen molar-refractivity contribution in [1.29, 1.82) is 0 Å². The molecule has 2 rings (SSSR count). The number of rotatable bonds is 3. The molecule has 0 saturated carbocycles. The molecule has 1 aromatic rings. The van der Waals surface area contributed by atoms with Gasteiger partial charge in [0.15, 0.2) is 0 Å². The van der Waals surface area contributed by atoms with Crippen LogP contribution in [0.1, 0.15) is 12.7 Å². The minimum absolute atomic E-state index is 0.0778. The summed E-state index contributed by atoms with van der Waals surface area (Å²) in [7, 11) is 0. The molecule has 0 aliphatic carbocycles. The lowest BCUT2D eigenvalue weighted by Gasteiger charge is -2.10. The van der Waals surface area contributed by atoms with Gasteiger partial charge in [-0.3, -0.25) is 4.79 Å². The number of hydrogen-bond acceptors (Lipinski definition) is 6. The number of hydrogen-bond donors (Lipinski definition) is 1. The Labute approximate surface area is 96.1 Å². The summed E-state index contributed by atoms with van der Waals surface area (Å²) in [5, 5.41) is 8.75. The highest BCUT2D eigenvalue weighted by atomic mass is 16.7. The van der Waals surface area contributed by atoms with Gasteiger partial charge in [0, 0.05) is 17.7 Å². The Balaban J connectivity index is 2.15. The van der Waals surface area contributed by atoms with Crippen LogP contribution >= 0.6 is 0 Å². The molecule has 17 heavy (non-hydrogen) atoms. The highest BCUT2D eigenvalue weighted by molar-refractivity contribution is 5.89. The molecule has 0 bridgehead atoms. The van der Waals surface area contributed by atoms with Crippen LogP contribution in [0.25, 0.3) is 0 Å². The van der Waals surface area contributed by atoms with E-state index in [2.05, 4.69) is 0 Å². The van der Waals surface area contributed by atoms with Crippen molar-refractivity contribution < 1.29 is 23.8 Å². The van der Waals surface area contributed by atoms with Gasteiger partial charge in [0.1, 0.15) is 18.6 Å². The second kappa shape index (κ2) is 4.42. The van der Waals surface area contributed by atoms with Crippen molar-refractivity contribution in [1.82, 2.24) is 0 Å². The summed E-state index contributed by atoms with van der Waals surface area (Å²) in [4.78, 5) is 22.5. The lowest BCUT2D eigenvalue weighted by Crippen LogP contribution is -2.19. The second-order valence-corrected chi connectivity index (χ2v) is 3.47. The molecule has 1 N–H and O–H groups in total. The van der Waals surface area contributed by atoms with E-state index in [1.807, 2.05) is 0 Å². The molecule has 90 valence electrons. The number of carbonyl (C=O) groups is 1. The van der Waals surface area contributed by atoms with Crippen LogP contribution in [-0.2, 0) is 16.1 Å². The van der Waals surface area contributed by atoms with E-state index in [4.69, 9.17) is 19.0 Å². The molecule has 1 atom stereocenters. The number of carbonyl (C=O) groups excluding carboxylic acids is 1. The molecule has 0 aromatic carbocycles. The molecule has 1 unspecified atom stereocenters. The first-order chi connectivity index (χ1) is 8.10. The first-order valence-electron chi connectivity index (χ1n) is 4.89. The molecule has 0 saturated heterocycles. The van der Waals surface area contributed by atoms with Gasteiger partial charge >= 0.3 is 5.97 Å². The van der Waals surface area contributed by atoms with Crippen molar-refractivity contribution in [3.63, 3.8) is 0 Å². The van der Waals surface area contributed by atoms with E-state index in [1.54, 1.807) is 6.92 Å². The van der Waals surface area contributed by atoms with E-state index < -0.39 is 17.7 Å². The molecule has 0 radical (unpaired) electrons. The van der Waals surface area contributed by atoms with Crippen molar-refractivity contribution in [3.05, 3.63) is 40.0 Å². The van der Waals surface area contributed by atoms with Gasteiger partial charge in [0.25, 0.3) is 6.29 Å². The van der Waals surface area contributed by atoms with Crippen LogP contribution in [0.4, 0.5) is 0 Å². The predicted octanol–water partition coefficient (Wildman–Crippen LogP) is 0.340. The average molecular weight is 238 g/mol. The van der Waals surface area contributed by atoms with Crippen LogP contribution in [0.3, 0.4) is 0 Å². The maximum Gasteiger partial charge on any atom is 0.336 e. The molecular weight excluding hydrogens is 228 g/mol. The van der Waals surface area contributed by atoms with E-state index >= 15 is 0 Å². The van der Waals surface area contributed by atoms with E-state index in [9.17, 15) is 9.59 Å². The first kappa shape index (κ1) is 11.4. The Kier molecular flexibility index (Phi) is 2.97. The van der Waals surface area contributed by atoms with E-state index in [1.165, 1.54) is 6.08 Å². The van der Waals surface area contributed by atoms with Crippen LogP contribution in [0.2, 0.25) is 0 Å². The van der Waals surface area contributed by atoms with Crippen LogP contribution in [0.5, 0.6) is 5.75 Å². The number of aliphatic hydroxyl groups excluding tert-OH is 1. The van der Waals surface area contributed by atoms with Gasteiger partial charge in [-0.2, -0.15) is 0 Å². The first-order valence-corrected chi connectivity index (χ1v) is 4.89. The van der Waals surface area contributed by atoms with Crippen LogP contribution in [-0.4, -0.2) is 17.4 Å². The van der Waals surface area contributed by atoms with Crippen molar-refractivity contribution in [3.8, 4) is 5.75 Å². The third-order valence-electron chi connectivity index (χ3n) is 2.18. The van der Waals surface area contributed by atoms with Crippen molar-refractivity contribution in [2.45, 2.75) is 19.8 Å². The van der Waals surface area contributed by atoms with Crippen LogP contribution in [0, 0.1) is 0 Å². The van der Waals surface area contributed by atoms with E-state index in [0.29, 0.717) is 5.57 Å². The summed E-state index contributed by atoms with van der Waals surface area (Å²) in [6.07, 6.45) is 1.62. The summed E-state index contributed by atoms with van der Waals surface area (Å²) in [6, 6.07) is 1.11. The quantitative estimate of drug-likeness (QED) is 0.764. The van der Waals surface area contributed by atoms with Crippen LogP contribution in [0.15, 0.2) is 33.2 Å². The molecule has 6 heteroatoms. The summed E-state index contributed by atoms with van der Waals surface area (Å²) in [5.74, 6) is -0.421. The Morgan fingerprint density at radius 1 is 1.47 bits per heavy atom. The summed E-state index contributed by atoms with van der Waals surface area (Å²) < 4.78 is 14.9. The van der Waals surface area contributed by atoms with Crippen LogP contribution < -0.4 is 10.2 Å². The van der Waals surface area contributed by atoms with E-state index in [-0.39, 0.29) is 18.1 Å². The van der Waals surface area contributed by atoms with Gasteiger partial charge in [-0.15, -0.1) is 0 Å². The van der Waals surface area contributed by atoms with Gasteiger partial charge in [0.2, 0.25) is 11.2 Å². The van der Waals surface area contributed by atoms with Gasteiger partial charge in [-0.25, -0.2) is 4.79 Å². The summed E-state index contributed by atoms with van der Waals surface area (Å²) in [6.45, 7) is 1.22. The minimum atomic E-state index is -0.912. The maximum absolute atomic E-state index is 11.5. The molecule has 1 aromatic heterocycles. The number of ether oxygens (including phenoxy) is 2. The van der Waals surface area contributed by atoms with Gasteiger partial charge in [-0.1, -0.05) is 0 Å². The third-order valence-corrected chi connectivity index (χ3v) is 2.18. The fourth-order valence-corrected chi connectivity index (χ4v) is 1.30. The molecule has 1 aliphatic rings. The zero-order valence-electron chi connectivity index (χ0n) is 9.00. The standard InChI is InChI=1S/C11H10O6/c1-6-2-10(17-11(6)14)16-9-5-15-7(4-12)3-8(9)13/h2-3,5,10,12H,4H2,1H3. The molecule has 0 fully saturated rings. The largest absolute Gasteiger partial charge is 0.463 e. The molecular formula is C11H10O6. The normalized spacial score (nSPS) is 18.8. The lowest BCUT2D eigenvalue weighted by atomic mass is 10.3. The molecule has 0 spiro atoms. The van der Waals surface area contributed by atoms with Crippen molar-refractivity contribution >= 4 is 5.97 Å². The Bertz CT molecular complexity index is 527. The average Bonchev–Trinajstić information content (AvgIpc) is 2.61. The third kappa shape index (κ3) is 2.36. The SMILES string of the molecule is CC1=CC(Oc2coc(CO)cc2=O)OC1=O. The molecule has 0 amide bonds. The zero-order valence-corrected chi connectivity index (χ0v) is 9.00. The Morgan fingerprint density at radius 3 is 2.76 bits per heavy atom. The predicted molar refractivity (Wildman–Crippen MR) is 55.2 cm³/mol. The van der Waals surface area contributed by atoms with Gasteiger partial charge in [0.05, 0.1) is 0 Å². The summed E-state index contributed by atoms with van der Waals surface area (Å²) in [5.41, 5.74) is -0.0272. The number of esters is 1. The van der Waals surface area contributed by atoms with Crippen molar-refractivity contribution in [2.24, 2.45) is 0 Å². The highest BCUT2D eigenvalue weighted by Crippen LogP contribution is 2.16. The van der Waals surface area contributed by atoms with Gasteiger partial charge < -0.3 is 19.0 Å². The fourth-order valence-electron chi connectivity index (χ4n) is 1.30. The topological polar surface area (TPSA) is 86.0 Å². The highest BCUT2D eigenvalue weighted by Gasteiger charge is 2.24. The number of aliphatic hydroxyl groups is 1. The minimum Gasteiger partial charge on any atom is -0.463 e. The smallest absolute Gasteiger partial charge is 0.336 e. The monoisotopic (exact) mass is 238 g/mol. The van der Waals surface area contributed by atoms with E-state index in [0.717, 1.165) is 12.3 Å². The van der Waals surface area contributed by atoms with Crippen molar-refractivity contribution in [2.75, 3.05) is 0 Å². The Morgan fingerprint density at radius 2 is 2.24 bits per heavy atom. The Hall–Kier alpha value is -2.08. The molecule has 2 heterocycles. The second-order valence-electron chi connectivity index (χ2n) is 3.47. The molecule has 6 nitrogen and oxygen atoms in total. The maximum atomic E-state index is 11.5. The summed E-state index contributed by atoms with van der Waals surface area (Å²) >= 11 is 0. The zero-order chi connectivity index (χ0) is 12.4.